The maximum Gasteiger partial charge on any atom is 1.00 e. The van der Waals surface area contributed by atoms with Gasteiger partial charge in [0, 0.05) is 6.54 Å². The monoisotopic (exact) mass is 449 g/mol. The van der Waals surface area contributed by atoms with Crippen LogP contribution in [0.3, 0.4) is 0 Å². The maximum atomic E-state index is 11.6. The van der Waals surface area contributed by atoms with Crippen molar-refractivity contribution in [2.75, 3.05) is 13.2 Å². The molecule has 0 aliphatic carbocycles. The van der Waals surface area contributed by atoms with Crippen molar-refractivity contribution in [3.05, 3.63) is 35.9 Å². The molecule has 8 nitrogen and oxygen atoms in total. The molecule has 0 saturated heterocycles. The number of hydrogen-bond acceptors (Lipinski definition) is 9. The van der Waals surface area contributed by atoms with Crippen LogP contribution in [0.15, 0.2) is 30.3 Å². The van der Waals surface area contributed by atoms with Gasteiger partial charge in [-0.15, -0.1) is 0 Å². The van der Waals surface area contributed by atoms with Gasteiger partial charge in [0.2, 0.25) is 0 Å². The molecule has 12 heteroatoms. The Morgan fingerprint density at radius 3 is 2.00 bits per heavy atom. The van der Waals surface area contributed by atoms with Gasteiger partial charge in [-0.1, -0.05) is 34.7 Å². The molecule has 0 aromatic heterocycles. The number of aliphatic carboxylic acids is 1. The Hall–Kier alpha value is 0.600. The van der Waals surface area contributed by atoms with E-state index in [0.29, 0.717) is 5.56 Å². The van der Waals surface area contributed by atoms with Crippen LogP contribution in [0, 0.1) is 0 Å². The van der Waals surface area contributed by atoms with Gasteiger partial charge < -0.3 is 65.2 Å². The Morgan fingerprint density at radius 2 is 1.57 bits per heavy atom. The van der Waals surface area contributed by atoms with E-state index in [4.69, 9.17) is 30.0 Å². The number of hydrogen-bond donors (Lipinski definition) is 5. The second kappa shape index (κ2) is 15.4. The van der Waals surface area contributed by atoms with Crippen LogP contribution >= 0.6 is 12.2 Å². The van der Waals surface area contributed by atoms with Crippen molar-refractivity contribution < 1.29 is 94.5 Å². The first-order valence-corrected chi connectivity index (χ1v) is 8.56. The first-order chi connectivity index (χ1) is 12.2. The molecule has 0 aliphatic rings. The quantitative estimate of drug-likeness (QED) is 0.133. The molecule has 5 N–H and O–H groups in total. The Labute approximate surface area is 218 Å². The van der Waals surface area contributed by atoms with Crippen LogP contribution in [-0.4, -0.2) is 84.3 Å². The number of carbonyl (C=O) groups is 1. The predicted molar refractivity (Wildman–Crippen MR) is 96.7 cm³/mol. The van der Waals surface area contributed by atoms with Gasteiger partial charge in [0.05, 0.1) is 24.7 Å². The smallest absolute Gasteiger partial charge is 0.548 e. The van der Waals surface area contributed by atoms with Crippen molar-refractivity contribution in [2.45, 2.75) is 36.9 Å². The number of carboxylic acids is 1. The molecule has 1 aromatic carbocycles. The third kappa shape index (κ3) is 9.61. The van der Waals surface area contributed by atoms with Gasteiger partial charge in [-0.25, -0.2) is 0 Å². The number of aliphatic hydroxyl groups excluding tert-OH is 5. The van der Waals surface area contributed by atoms with Crippen molar-refractivity contribution in [1.29, 1.82) is 0 Å². The van der Waals surface area contributed by atoms with Gasteiger partial charge >= 0.3 is 59.1 Å². The van der Waals surface area contributed by atoms with Gasteiger partial charge in [-0.2, -0.15) is 0 Å². The number of rotatable bonds is 10. The molecule has 1 aromatic rings. The molecule has 4 unspecified atom stereocenters. The molecule has 0 radical (unpaired) electrons. The van der Waals surface area contributed by atoms with Crippen molar-refractivity contribution >= 4 is 35.1 Å². The fourth-order valence-electron chi connectivity index (χ4n) is 2.36. The van der Waals surface area contributed by atoms with E-state index in [-0.39, 0.29) is 69.9 Å². The number of benzene rings is 1. The summed E-state index contributed by atoms with van der Waals surface area (Å²) in [5.41, 5.74) is 0.670. The zero-order valence-electron chi connectivity index (χ0n) is 15.7. The number of nitrogens with zero attached hydrogens (tertiary/aromatic N) is 1. The van der Waals surface area contributed by atoms with Gasteiger partial charge in [0.25, 0.3) is 0 Å². The van der Waals surface area contributed by atoms with E-state index in [1.807, 2.05) is 0 Å². The maximum absolute atomic E-state index is 11.6. The summed E-state index contributed by atoms with van der Waals surface area (Å²) in [5.74, 6) is -1.47. The Balaban J connectivity index is 0. The summed E-state index contributed by atoms with van der Waals surface area (Å²) < 4.78 is -0.265. The molecule has 0 bridgehead atoms. The van der Waals surface area contributed by atoms with Crippen molar-refractivity contribution in [3.8, 4) is 0 Å². The summed E-state index contributed by atoms with van der Waals surface area (Å²) in [6.07, 6.45) is -7.08. The minimum atomic E-state index is -1.86. The fraction of sp³-hybridized carbons (Fsp3) is 0.500. The van der Waals surface area contributed by atoms with Crippen LogP contribution in [-0.2, 0) is 23.8 Å². The third-order valence-corrected chi connectivity index (χ3v) is 4.33. The molecule has 0 heterocycles. The van der Waals surface area contributed by atoms with E-state index in [1.165, 1.54) is 0 Å². The molecule has 0 aliphatic heterocycles. The zero-order chi connectivity index (χ0) is 19.9. The normalized spacial score (nSPS) is 15.8. The molecule has 146 valence electrons. The number of aliphatic hydroxyl groups is 5. The fourth-order valence-corrected chi connectivity index (χ4v) is 2.76. The molecule has 0 saturated carbocycles. The van der Waals surface area contributed by atoms with Gasteiger partial charge in [-0.05, 0) is 12.0 Å². The topological polar surface area (TPSA) is 145 Å². The molecule has 0 fully saturated rings. The van der Waals surface area contributed by atoms with Crippen molar-refractivity contribution in [1.82, 2.24) is 4.90 Å². The van der Waals surface area contributed by atoms with Crippen LogP contribution < -0.4 is 64.2 Å². The number of carbonyl (C=O) groups excluding carboxylic acids is 1. The summed E-state index contributed by atoms with van der Waals surface area (Å²) in [6, 6.07) is 7.32. The van der Waals surface area contributed by atoms with E-state index in [0.717, 1.165) is 4.90 Å². The van der Waals surface area contributed by atoms with E-state index in [2.05, 4.69) is 0 Å². The predicted octanol–water partition coefficient (Wildman–Crippen LogP) is -9.07. The van der Waals surface area contributed by atoms with Gasteiger partial charge in [0.15, 0.2) is 0 Å². The largest absolute Gasteiger partial charge is 1.00 e. The first kappa shape index (κ1) is 30.8. The van der Waals surface area contributed by atoms with Crippen LogP contribution in [0.4, 0.5) is 0 Å². The summed E-state index contributed by atoms with van der Waals surface area (Å²) >= 11 is 9.76. The molecule has 5 atom stereocenters. The standard InChI is InChI=1S/C16H23NO7S2.2Na/c18-8-12(20)14(22)13(21)11(19)7-17(16(25)26)10(15(23)24)6-9-4-2-1-3-5-9;;/h1-5,10-14,18-22H,6-8H2,(H,23,24)(H,25,26);;/q;2*+1/p-2/t10-,11?,12?,13?,14?;;/m0../s1. The average Bonchev–Trinajstić information content (AvgIpc) is 2.62. The van der Waals surface area contributed by atoms with Crippen molar-refractivity contribution in [3.63, 3.8) is 0 Å². The zero-order valence-corrected chi connectivity index (χ0v) is 21.3. The Kier molecular flexibility index (Phi) is 16.9. The second-order valence-corrected chi connectivity index (χ2v) is 6.77. The molecular formula is C16H21NNa2O7S2. The van der Waals surface area contributed by atoms with E-state index in [9.17, 15) is 30.3 Å². The molecule has 0 amide bonds. The summed E-state index contributed by atoms with van der Waals surface area (Å²) in [4.78, 5) is 12.6. The van der Waals surface area contributed by atoms with E-state index in [1.54, 1.807) is 30.3 Å². The van der Waals surface area contributed by atoms with Gasteiger partial charge in [-0.3, -0.25) is 0 Å². The van der Waals surface area contributed by atoms with Crippen LogP contribution in [0.25, 0.3) is 0 Å². The Morgan fingerprint density at radius 1 is 1.07 bits per heavy atom. The van der Waals surface area contributed by atoms with Crippen LogP contribution in [0.1, 0.15) is 5.56 Å². The van der Waals surface area contributed by atoms with Crippen LogP contribution in [0.2, 0.25) is 0 Å². The SMILES string of the molecule is O=C([O-])[C@H](Cc1ccccc1)N(CC(O)C(O)C(O)C(O)CO)C(=S)[S-].[Na+].[Na+]. The van der Waals surface area contributed by atoms with Crippen LogP contribution in [0.5, 0.6) is 0 Å². The minimum Gasteiger partial charge on any atom is -0.548 e. The van der Waals surface area contributed by atoms with E-state index < -0.39 is 49.6 Å². The number of carboxylic acid groups (broad SMARTS) is 1. The third-order valence-electron chi connectivity index (χ3n) is 3.86. The minimum absolute atomic E-state index is 0. The summed E-state index contributed by atoms with van der Waals surface area (Å²) in [7, 11) is 0. The molecule has 0 spiro atoms. The molecular weight excluding hydrogens is 428 g/mol. The van der Waals surface area contributed by atoms with Gasteiger partial charge in [0.1, 0.15) is 18.3 Å². The summed E-state index contributed by atoms with van der Waals surface area (Å²) in [5, 5.41) is 59.3. The average molecular weight is 449 g/mol. The molecule has 1 rings (SSSR count). The summed E-state index contributed by atoms with van der Waals surface area (Å²) in [6.45, 7) is -1.34. The van der Waals surface area contributed by atoms with Crippen molar-refractivity contribution in [2.24, 2.45) is 0 Å². The first-order valence-electron chi connectivity index (χ1n) is 7.74. The number of thiocarbonyl (C=S) groups is 1. The van der Waals surface area contributed by atoms with E-state index >= 15 is 0 Å². The second-order valence-electron chi connectivity index (χ2n) is 5.74. The molecule has 28 heavy (non-hydrogen) atoms. The Bertz CT molecular complexity index is 600.